The molecule has 0 aromatic rings. The Balaban J connectivity index is 3.69. The second-order valence-corrected chi connectivity index (χ2v) is 2.78. The van der Waals surface area contributed by atoms with Gasteiger partial charge in [0.25, 0.3) is 0 Å². The van der Waals surface area contributed by atoms with E-state index >= 15 is 0 Å². The molecular formula is C6H12O2S. The molecule has 0 aliphatic rings. The molecule has 0 aromatic carbocycles. The molecule has 0 aliphatic heterocycles. The van der Waals surface area contributed by atoms with Gasteiger partial charge in [-0.2, -0.15) is 0 Å². The first-order valence-electron chi connectivity index (χ1n) is 2.93. The summed E-state index contributed by atoms with van der Waals surface area (Å²) in [7, 11) is 0. The van der Waals surface area contributed by atoms with Crippen LogP contribution >= 0.6 is 0 Å². The summed E-state index contributed by atoms with van der Waals surface area (Å²) in [5.74, 6) is 0. The van der Waals surface area contributed by atoms with Gasteiger partial charge in [-0.15, -0.1) is 0 Å². The number of hydrogen-bond donors (Lipinski definition) is 1. The minimum absolute atomic E-state index is 0.909. The molecule has 0 heterocycles. The van der Waals surface area contributed by atoms with E-state index in [-0.39, 0.29) is 0 Å². The van der Waals surface area contributed by atoms with E-state index in [4.69, 9.17) is 4.55 Å². The lowest BCUT2D eigenvalue weighted by atomic mass is 10.2. The number of hydrogen-bond acceptors (Lipinski definition) is 1. The van der Waals surface area contributed by atoms with Crippen LogP contribution in [-0.4, -0.2) is 8.76 Å². The van der Waals surface area contributed by atoms with E-state index in [1.54, 1.807) is 0 Å². The lowest BCUT2D eigenvalue weighted by Gasteiger charge is -1.92. The molecule has 0 rings (SSSR count). The van der Waals surface area contributed by atoms with Crippen LogP contribution < -0.4 is 0 Å². The third-order valence-corrected chi connectivity index (χ3v) is 1.55. The van der Waals surface area contributed by atoms with Gasteiger partial charge in [-0.05, 0) is 13.3 Å². The highest BCUT2D eigenvalue weighted by molar-refractivity contribution is 7.82. The highest BCUT2D eigenvalue weighted by atomic mass is 32.2. The number of rotatable bonds is 3. The van der Waals surface area contributed by atoms with Crippen molar-refractivity contribution in [2.45, 2.75) is 26.7 Å². The van der Waals surface area contributed by atoms with Gasteiger partial charge >= 0.3 is 0 Å². The van der Waals surface area contributed by atoms with Crippen molar-refractivity contribution in [3.8, 4) is 0 Å². The summed E-state index contributed by atoms with van der Waals surface area (Å²) >= 11 is -1.76. The van der Waals surface area contributed by atoms with E-state index in [0.717, 1.165) is 18.4 Å². The average Bonchev–Trinajstić information content (AvgIpc) is 1.63. The molecule has 0 saturated carbocycles. The average molecular weight is 148 g/mol. The van der Waals surface area contributed by atoms with Crippen LogP contribution in [0.1, 0.15) is 26.7 Å². The monoisotopic (exact) mass is 148 g/mol. The molecule has 0 bridgehead atoms. The Bertz CT molecular complexity index is 129. The Labute approximate surface area is 58.3 Å². The molecule has 0 radical (unpaired) electrons. The van der Waals surface area contributed by atoms with Crippen LogP contribution in [0, 0.1) is 0 Å². The molecule has 9 heavy (non-hydrogen) atoms. The molecule has 0 aliphatic carbocycles. The highest BCUT2D eigenvalue weighted by Crippen LogP contribution is 2.02. The van der Waals surface area contributed by atoms with Gasteiger partial charge < -0.3 is 4.55 Å². The maximum Gasteiger partial charge on any atom is 0.178 e. The molecule has 2 nitrogen and oxygen atoms in total. The molecule has 3 heteroatoms. The maximum atomic E-state index is 10.1. The SMILES string of the molecule is CCCC(C)=CS(=O)O. The van der Waals surface area contributed by atoms with Crippen molar-refractivity contribution in [1.82, 2.24) is 0 Å². The van der Waals surface area contributed by atoms with Gasteiger partial charge in [0, 0.05) is 5.41 Å². The molecule has 0 saturated heterocycles. The summed E-state index contributed by atoms with van der Waals surface area (Å²) in [6.45, 7) is 3.90. The van der Waals surface area contributed by atoms with Crippen LogP contribution in [0.15, 0.2) is 11.0 Å². The molecule has 0 amide bonds. The first-order chi connectivity index (χ1) is 4.16. The Kier molecular flexibility index (Phi) is 4.62. The standard InChI is InChI=1S/C6H12O2S/c1-3-4-6(2)5-9(7)8/h5H,3-4H2,1-2H3,(H,7,8). The zero-order valence-corrected chi connectivity index (χ0v) is 6.57. The summed E-state index contributed by atoms with van der Waals surface area (Å²) in [5.41, 5.74) is 0.985. The van der Waals surface area contributed by atoms with Crippen LogP contribution in [0.3, 0.4) is 0 Å². The molecule has 0 aromatic heterocycles. The zero-order chi connectivity index (χ0) is 7.28. The summed E-state index contributed by atoms with van der Waals surface area (Å²) in [6, 6.07) is 0. The number of allylic oxidation sites excluding steroid dienone is 1. The van der Waals surface area contributed by atoms with Gasteiger partial charge in [0.05, 0.1) is 0 Å². The second kappa shape index (κ2) is 4.70. The summed E-state index contributed by atoms with van der Waals surface area (Å²) < 4.78 is 18.5. The third-order valence-electron chi connectivity index (χ3n) is 0.946. The van der Waals surface area contributed by atoms with Gasteiger partial charge in [0.1, 0.15) is 0 Å². The minimum Gasteiger partial charge on any atom is -0.303 e. The van der Waals surface area contributed by atoms with Crippen molar-refractivity contribution in [2.75, 3.05) is 0 Å². The normalized spacial score (nSPS) is 15.7. The van der Waals surface area contributed by atoms with Crippen LogP contribution in [-0.2, 0) is 11.1 Å². The lowest BCUT2D eigenvalue weighted by Crippen LogP contribution is -1.81. The van der Waals surface area contributed by atoms with Crippen LogP contribution in [0.2, 0.25) is 0 Å². The van der Waals surface area contributed by atoms with Gasteiger partial charge in [-0.1, -0.05) is 18.9 Å². The Morgan fingerprint density at radius 2 is 2.33 bits per heavy atom. The van der Waals surface area contributed by atoms with E-state index in [9.17, 15) is 4.21 Å². The Morgan fingerprint density at radius 3 is 2.67 bits per heavy atom. The molecule has 54 valence electrons. The van der Waals surface area contributed by atoms with E-state index in [0.29, 0.717) is 0 Å². The first kappa shape index (κ1) is 8.85. The van der Waals surface area contributed by atoms with Crippen molar-refractivity contribution in [1.29, 1.82) is 0 Å². The van der Waals surface area contributed by atoms with Gasteiger partial charge in [0.15, 0.2) is 11.1 Å². The van der Waals surface area contributed by atoms with E-state index < -0.39 is 11.1 Å². The topological polar surface area (TPSA) is 37.3 Å². The van der Waals surface area contributed by atoms with Gasteiger partial charge in [-0.25, -0.2) is 4.21 Å². The fraction of sp³-hybridized carbons (Fsp3) is 0.667. The second-order valence-electron chi connectivity index (χ2n) is 1.99. The van der Waals surface area contributed by atoms with Gasteiger partial charge in [0.2, 0.25) is 0 Å². The summed E-state index contributed by atoms with van der Waals surface area (Å²) in [5, 5.41) is 1.36. The quantitative estimate of drug-likeness (QED) is 0.621. The van der Waals surface area contributed by atoms with Crippen molar-refractivity contribution in [2.24, 2.45) is 0 Å². The van der Waals surface area contributed by atoms with Crippen LogP contribution in [0.5, 0.6) is 0 Å². The van der Waals surface area contributed by atoms with Gasteiger partial charge in [-0.3, -0.25) is 0 Å². The molecule has 1 unspecified atom stereocenters. The predicted octanol–water partition coefficient (Wildman–Crippen LogP) is 1.91. The smallest absolute Gasteiger partial charge is 0.178 e. The summed E-state index contributed by atoms with van der Waals surface area (Å²) in [6.07, 6.45) is 1.94. The van der Waals surface area contributed by atoms with E-state index in [2.05, 4.69) is 0 Å². The lowest BCUT2D eigenvalue weighted by molar-refractivity contribution is 0.573. The first-order valence-corrected chi connectivity index (χ1v) is 4.10. The maximum absolute atomic E-state index is 10.1. The molecule has 0 fully saturated rings. The van der Waals surface area contributed by atoms with Crippen LogP contribution in [0.4, 0.5) is 0 Å². The van der Waals surface area contributed by atoms with E-state index in [1.807, 2.05) is 13.8 Å². The van der Waals surface area contributed by atoms with Crippen molar-refractivity contribution >= 4 is 11.1 Å². The molecule has 1 atom stereocenters. The Hall–Kier alpha value is -0.150. The fourth-order valence-corrected chi connectivity index (χ4v) is 1.09. The van der Waals surface area contributed by atoms with E-state index in [1.165, 1.54) is 5.41 Å². The van der Waals surface area contributed by atoms with Crippen LogP contribution in [0.25, 0.3) is 0 Å². The third kappa shape index (κ3) is 5.73. The fourth-order valence-electron chi connectivity index (χ4n) is 0.625. The zero-order valence-electron chi connectivity index (χ0n) is 5.76. The molecule has 0 spiro atoms. The minimum atomic E-state index is -1.76. The van der Waals surface area contributed by atoms with Crippen molar-refractivity contribution in [3.05, 3.63) is 11.0 Å². The van der Waals surface area contributed by atoms with Crippen molar-refractivity contribution in [3.63, 3.8) is 0 Å². The molecular weight excluding hydrogens is 136 g/mol. The highest BCUT2D eigenvalue weighted by Gasteiger charge is 1.88. The molecule has 1 N–H and O–H groups in total. The predicted molar refractivity (Wildman–Crippen MR) is 39.4 cm³/mol. The van der Waals surface area contributed by atoms with Crippen molar-refractivity contribution < 1.29 is 8.76 Å². The largest absolute Gasteiger partial charge is 0.303 e. The Morgan fingerprint density at radius 1 is 1.78 bits per heavy atom. The summed E-state index contributed by atoms with van der Waals surface area (Å²) in [4.78, 5) is 0.